The highest BCUT2D eigenvalue weighted by Gasteiger charge is 2.50. The maximum atomic E-state index is 14.8. The van der Waals surface area contributed by atoms with Crippen molar-refractivity contribution in [3.05, 3.63) is 41.4 Å². The molecule has 0 saturated carbocycles. The maximum absolute atomic E-state index is 14.8. The van der Waals surface area contributed by atoms with E-state index < -0.39 is 34.7 Å². The summed E-state index contributed by atoms with van der Waals surface area (Å²) in [6.45, 7) is 6.13. The molecule has 0 aromatic carbocycles. The number of nitrogens with one attached hydrogen (secondary N) is 1. The van der Waals surface area contributed by atoms with Crippen LogP contribution < -0.4 is 15.8 Å². The van der Waals surface area contributed by atoms with Crippen LogP contribution in [0.1, 0.15) is 42.5 Å². The Balaban J connectivity index is 1.92. The average molecular weight is 475 g/mol. The fraction of sp³-hybridized carbons (Fsp3) is 0.409. The van der Waals surface area contributed by atoms with E-state index in [0.717, 1.165) is 11.8 Å². The molecule has 11 heteroatoms. The number of rotatable bonds is 6. The van der Waals surface area contributed by atoms with Gasteiger partial charge in [0.25, 0.3) is 5.91 Å². The largest absolute Gasteiger partial charge is 0.463 e. The minimum absolute atomic E-state index is 0.0217. The van der Waals surface area contributed by atoms with Crippen LogP contribution in [0.25, 0.3) is 0 Å². The number of aromatic nitrogens is 3. The zero-order valence-corrected chi connectivity index (χ0v) is 19.5. The van der Waals surface area contributed by atoms with E-state index in [2.05, 4.69) is 31.2 Å². The van der Waals surface area contributed by atoms with E-state index >= 15 is 0 Å². The first-order chi connectivity index (χ1) is 15.5. The molecule has 0 aliphatic carbocycles. The van der Waals surface area contributed by atoms with Crippen LogP contribution in [0.2, 0.25) is 0 Å². The number of nitrogens with zero attached hydrogens (tertiary/aromatic N) is 4. The molecular weight excluding hydrogens is 450 g/mol. The van der Waals surface area contributed by atoms with Crippen LogP contribution >= 0.6 is 11.8 Å². The number of ether oxygens (including phenoxy) is 1. The second-order valence-corrected chi connectivity index (χ2v) is 9.57. The van der Waals surface area contributed by atoms with Crippen LogP contribution in [0.4, 0.5) is 14.5 Å². The van der Waals surface area contributed by atoms with Crippen molar-refractivity contribution in [1.29, 1.82) is 0 Å². The first-order valence-electron chi connectivity index (χ1n) is 10.0. The van der Waals surface area contributed by atoms with E-state index in [1.807, 2.05) is 0 Å². The first kappa shape index (κ1) is 24.4. The molecule has 2 aromatic rings. The molecule has 3 N–H and O–H groups in total. The van der Waals surface area contributed by atoms with E-state index in [9.17, 15) is 13.6 Å². The van der Waals surface area contributed by atoms with Gasteiger partial charge in [0.1, 0.15) is 12.4 Å². The summed E-state index contributed by atoms with van der Waals surface area (Å²) in [7, 11) is 0. The highest BCUT2D eigenvalue weighted by atomic mass is 32.2. The highest BCUT2D eigenvalue weighted by Crippen LogP contribution is 2.50. The van der Waals surface area contributed by atoms with Gasteiger partial charge in [-0.2, -0.15) is 4.39 Å². The number of amidine groups is 1. The fourth-order valence-electron chi connectivity index (χ4n) is 3.64. The van der Waals surface area contributed by atoms with Gasteiger partial charge in [-0.1, -0.05) is 24.6 Å². The molecule has 0 fully saturated rings. The summed E-state index contributed by atoms with van der Waals surface area (Å²) in [5, 5.41) is 2.80. The predicted octanol–water partition coefficient (Wildman–Crippen LogP) is 3.22. The number of aliphatic imine (C=N–C) groups is 1. The van der Waals surface area contributed by atoms with Crippen LogP contribution in [0.15, 0.2) is 23.5 Å². The lowest BCUT2D eigenvalue weighted by Gasteiger charge is -2.46. The molecule has 3 rings (SSSR count). The Labute approximate surface area is 194 Å². The third-order valence-electron chi connectivity index (χ3n) is 5.79. The molecule has 33 heavy (non-hydrogen) atoms. The van der Waals surface area contributed by atoms with Gasteiger partial charge in [0, 0.05) is 11.5 Å². The maximum Gasteiger partial charge on any atom is 0.276 e. The van der Waals surface area contributed by atoms with Gasteiger partial charge in [0.15, 0.2) is 11.8 Å². The fourth-order valence-corrected chi connectivity index (χ4v) is 4.81. The quantitative estimate of drug-likeness (QED) is 0.488. The summed E-state index contributed by atoms with van der Waals surface area (Å²) in [5.74, 6) is 0.721. The molecule has 1 aliphatic rings. The molecule has 1 amide bonds. The van der Waals surface area contributed by atoms with Gasteiger partial charge in [0.2, 0.25) is 11.8 Å². The van der Waals surface area contributed by atoms with Crippen molar-refractivity contribution in [1.82, 2.24) is 15.0 Å². The molecule has 0 radical (unpaired) electrons. The lowest BCUT2D eigenvalue weighted by Crippen LogP contribution is -2.49. The zero-order chi connectivity index (χ0) is 24.4. The zero-order valence-electron chi connectivity index (χ0n) is 18.6. The van der Waals surface area contributed by atoms with Gasteiger partial charge < -0.3 is 15.8 Å². The van der Waals surface area contributed by atoms with Crippen molar-refractivity contribution in [3.8, 4) is 18.2 Å². The molecule has 0 bridgehead atoms. The molecule has 2 aromatic heterocycles. The minimum Gasteiger partial charge on any atom is -0.463 e. The van der Waals surface area contributed by atoms with Crippen LogP contribution in [0.5, 0.6) is 5.88 Å². The van der Waals surface area contributed by atoms with Crippen molar-refractivity contribution >= 4 is 28.5 Å². The number of anilines is 1. The normalized spacial score (nSPS) is 24.5. The van der Waals surface area contributed by atoms with Crippen molar-refractivity contribution in [2.45, 2.75) is 38.0 Å². The molecule has 0 saturated heterocycles. The number of halogens is 2. The number of terminal acetylenes is 1. The number of carbonyl (C=O) groups is 1. The number of hydrogen-bond donors (Lipinski definition) is 2. The Morgan fingerprint density at radius 3 is 2.76 bits per heavy atom. The van der Waals surface area contributed by atoms with Gasteiger partial charge in [-0.25, -0.2) is 19.3 Å². The molecule has 8 nitrogen and oxygen atoms in total. The van der Waals surface area contributed by atoms with Gasteiger partial charge >= 0.3 is 0 Å². The van der Waals surface area contributed by atoms with Crippen LogP contribution in [-0.2, 0) is 5.54 Å². The first-order valence-corrected chi connectivity index (χ1v) is 10.8. The topological polar surface area (TPSA) is 115 Å². The predicted molar refractivity (Wildman–Crippen MR) is 123 cm³/mol. The minimum atomic E-state index is -1.19. The standard InChI is InChI=1S/C22H24F2N6O2S/c1-6-7-32-16-10-26-17(12(2)28-16)19(31)29-14-8-15(18(24)27-9-14)22(5)13(3)21(4,11-23)33-20(25)30-22/h1,8-10,13H,7,11H2,2-5H3,(H2,25,30)(H,29,31)/t13-,21-,22+/m1/s1. The molecule has 3 heterocycles. The molecule has 0 spiro atoms. The number of pyridine rings is 1. The Kier molecular flexibility index (Phi) is 6.88. The number of hydrogen-bond acceptors (Lipinski definition) is 8. The van der Waals surface area contributed by atoms with Crippen molar-refractivity contribution in [2.24, 2.45) is 16.6 Å². The second kappa shape index (κ2) is 9.31. The smallest absolute Gasteiger partial charge is 0.276 e. The Hall–Kier alpha value is -3.26. The number of carbonyl (C=O) groups excluding carboxylic acids is 1. The van der Waals surface area contributed by atoms with Crippen molar-refractivity contribution in [2.75, 3.05) is 18.6 Å². The van der Waals surface area contributed by atoms with Gasteiger partial charge in [0.05, 0.1) is 34.1 Å². The Morgan fingerprint density at radius 2 is 2.12 bits per heavy atom. The van der Waals surface area contributed by atoms with Crippen molar-refractivity contribution < 1.29 is 18.3 Å². The van der Waals surface area contributed by atoms with E-state index in [1.165, 1.54) is 18.5 Å². The lowest BCUT2D eigenvalue weighted by atomic mass is 9.74. The Morgan fingerprint density at radius 1 is 1.39 bits per heavy atom. The lowest BCUT2D eigenvalue weighted by molar-refractivity contribution is 0.102. The van der Waals surface area contributed by atoms with E-state index in [1.54, 1.807) is 27.7 Å². The molecule has 1 aliphatic heterocycles. The summed E-state index contributed by atoms with van der Waals surface area (Å²) in [5.41, 5.74) is 5.45. The summed E-state index contributed by atoms with van der Waals surface area (Å²) in [6, 6.07) is 1.43. The van der Waals surface area contributed by atoms with E-state index in [-0.39, 0.29) is 34.6 Å². The van der Waals surface area contributed by atoms with Crippen LogP contribution in [0.3, 0.4) is 0 Å². The molecule has 0 unspecified atom stereocenters. The number of alkyl halides is 1. The third kappa shape index (κ3) is 4.75. The second-order valence-electron chi connectivity index (χ2n) is 8.02. The highest BCUT2D eigenvalue weighted by molar-refractivity contribution is 8.15. The van der Waals surface area contributed by atoms with E-state index in [4.69, 9.17) is 16.9 Å². The number of nitrogens with two attached hydrogens (primary N) is 1. The SMILES string of the molecule is C#CCOc1cnc(C(=O)Nc2cnc(F)c([C@@]3(C)N=C(N)S[C@](C)(CF)[C@H]3C)c2)c(C)n1. The number of thioether (sulfide) groups is 1. The molecule has 174 valence electrons. The monoisotopic (exact) mass is 474 g/mol. The summed E-state index contributed by atoms with van der Waals surface area (Å²) in [4.78, 5) is 29.2. The molecular formula is C22H24F2N6O2S. The average Bonchev–Trinajstić information content (AvgIpc) is 2.77. The Bertz CT molecular complexity index is 1150. The van der Waals surface area contributed by atoms with E-state index in [0.29, 0.717) is 5.69 Å². The van der Waals surface area contributed by atoms with Crippen LogP contribution in [0, 0.1) is 31.1 Å². The number of amides is 1. The number of aryl methyl sites for hydroxylation is 1. The van der Waals surface area contributed by atoms with Gasteiger partial charge in [-0.15, -0.1) is 6.42 Å². The van der Waals surface area contributed by atoms with Crippen molar-refractivity contribution in [3.63, 3.8) is 0 Å². The third-order valence-corrected chi connectivity index (χ3v) is 7.02. The summed E-state index contributed by atoms with van der Waals surface area (Å²) < 4.78 is 33.0. The van der Waals surface area contributed by atoms with Crippen LogP contribution in [-0.4, -0.2) is 44.1 Å². The molecule has 3 atom stereocenters. The van der Waals surface area contributed by atoms with Gasteiger partial charge in [-0.3, -0.25) is 9.79 Å². The summed E-state index contributed by atoms with van der Waals surface area (Å²) >= 11 is 1.12. The summed E-state index contributed by atoms with van der Waals surface area (Å²) in [6.07, 6.45) is 7.61. The van der Waals surface area contributed by atoms with Gasteiger partial charge in [-0.05, 0) is 26.8 Å².